The topological polar surface area (TPSA) is 74.3 Å². The second kappa shape index (κ2) is 10.5. The van der Waals surface area contributed by atoms with Gasteiger partial charge in [0.25, 0.3) is 0 Å². The van der Waals surface area contributed by atoms with E-state index in [-0.39, 0.29) is 17.6 Å². The van der Waals surface area contributed by atoms with Crippen LogP contribution in [0.2, 0.25) is 0 Å². The number of benzene rings is 1. The van der Waals surface area contributed by atoms with Crippen LogP contribution in [0.15, 0.2) is 18.2 Å². The van der Waals surface area contributed by atoms with Crippen molar-refractivity contribution in [2.24, 2.45) is 5.41 Å². The second-order valence-corrected chi connectivity index (χ2v) is 9.96. The van der Waals surface area contributed by atoms with Crippen LogP contribution in [0, 0.1) is 11.2 Å². The number of thiocarbonyl (C=S) groups is 1. The molecule has 2 amide bonds. The van der Waals surface area contributed by atoms with E-state index >= 15 is 0 Å². The van der Waals surface area contributed by atoms with Gasteiger partial charge < -0.3 is 24.6 Å². The third kappa shape index (κ3) is 6.69. The molecular weight excluding hydrogens is 447 g/mol. The highest BCUT2D eigenvalue weighted by atomic mass is 32.1. The largest absolute Gasteiger partial charge is 0.450 e. The lowest BCUT2D eigenvalue weighted by molar-refractivity contribution is 0.105. The molecule has 3 rings (SSSR count). The molecule has 0 spiro atoms. The predicted molar refractivity (Wildman–Crippen MR) is 129 cm³/mol. The molecule has 2 heterocycles. The molecule has 182 valence electrons. The van der Waals surface area contributed by atoms with E-state index in [9.17, 15) is 14.0 Å². The highest BCUT2D eigenvalue weighted by Gasteiger charge is 2.33. The van der Waals surface area contributed by atoms with Gasteiger partial charge in [-0.1, -0.05) is 33.0 Å². The van der Waals surface area contributed by atoms with Gasteiger partial charge in [-0.25, -0.2) is 14.0 Å². The fraction of sp³-hybridized carbons (Fsp3) is 0.609. The first-order valence-corrected chi connectivity index (χ1v) is 11.7. The van der Waals surface area contributed by atoms with E-state index in [4.69, 9.17) is 21.7 Å². The average molecular weight is 481 g/mol. The Labute approximate surface area is 200 Å². The van der Waals surface area contributed by atoms with E-state index in [1.807, 2.05) is 4.90 Å². The van der Waals surface area contributed by atoms with Gasteiger partial charge >= 0.3 is 12.2 Å². The van der Waals surface area contributed by atoms with Crippen LogP contribution in [0.1, 0.15) is 34.1 Å². The standard InChI is InChI=1S/C23H33FN4O4S/c1-5-31-21(29)27-10-8-26(9-11-27)19-7-6-16(12-18(19)24)28-15-17(32-22(28)30)14-25-20(33)13-23(2,3)4/h6-7,12,17H,5,8-11,13-15H2,1-4H3,(H,25,33). The maximum absolute atomic E-state index is 14.9. The molecule has 2 aliphatic heterocycles. The number of piperazine rings is 1. The van der Waals surface area contributed by atoms with E-state index in [1.54, 1.807) is 24.0 Å². The summed E-state index contributed by atoms with van der Waals surface area (Å²) in [5.74, 6) is -0.419. The van der Waals surface area contributed by atoms with E-state index in [2.05, 4.69) is 26.1 Å². The number of halogens is 1. The minimum absolute atomic E-state index is 0.0766. The number of cyclic esters (lactones) is 1. The molecule has 1 aromatic rings. The molecule has 1 unspecified atom stereocenters. The number of nitrogens with zero attached hydrogens (tertiary/aromatic N) is 3. The normalized spacial score (nSPS) is 18.9. The van der Waals surface area contributed by atoms with Crippen LogP contribution in [0.3, 0.4) is 0 Å². The lowest BCUT2D eigenvalue weighted by Crippen LogP contribution is -2.49. The monoisotopic (exact) mass is 480 g/mol. The molecule has 1 aromatic carbocycles. The van der Waals surface area contributed by atoms with Crippen LogP contribution in [-0.2, 0) is 9.47 Å². The zero-order valence-corrected chi connectivity index (χ0v) is 20.5. The van der Waals surface area contributed by atoms with Crippen LogP contribution in [-0.4, -0.2) is 74.1 Å². The molecule has 33 heavy (non-hydrogen) atoms. The van der Waals surface area contributed by atoms with Gasteiger partial charge in [0.2, 0.25) is 0 Å². The zero-order valence-electron chi connectivity index (χ0n) is 19.7. The van der Waals surface area contributed by atoms with E-state index in [1.165, 1.54) is 11.0 Å². The van der Waals surface area contributed by atoms with Crippen LogP contribution in [0.4, 0.5) is 25.4 Å². The molecule has 0 radical (unpaired) electrons. The molecule has 10 heteroatoms. The number of hydrogen-bond donors (Lipinski definition) is 1. The Hall–Kier alpha value is -2.62. The van der Waals surface area contributed by atoms with Gasteiger partial charge in [0, 0.05) is 32.6 Å². The van der Waals surface area contributed by atoms with E-state index < -0.39 is 11.9 Å². The average Bonchev–Trinajstić information content (AvgIpc) is 3.12. The SMILES string of the molecule is CCOC(=O)N1CCN(c2ccc(N3CC(CNC(=S)CC(C)(C)C)OC3=O)cc2F)CC1. The van der Waals surface area contributed by atoms with Gasteiger partial charge in [-0.15, -0.1) is 0 Å². The summed E-state index contributed by atoms with van der Waals surface area (Å²) in [7, 11) is 0. The smallest absolute Gasteiger partial charge is 0.414 e. The number of anilines is 2. The molecule has 1 atom stereocenters. The fourth-order valence-electron chi connectivity index (χ4n) is 3.88. The summed E-state index contributed by atoms with van der Waals surface area (Å²) in [6, 6.07) is 4.74. The minimum atomic E-state index is -0.501. The quantitative estimate of drug-likeness (QED) is 0.621. The molecule has 1 N–H and O–H groups in total. The molecular formula is C23H33FN4O4S. The van der Waals surface area contributed by atoms with Crippen LogP contribution < -0.4 is 15.1 Å². The van der Waals surface area contributed by atoms with Crippen LogP contribution in [0.25, 0.3) is 0 Å². The summed E-state index contributed by atoms with van der Waals surface area (Å²) in [4.78, 5) is 29.9. The van der Waals surface area contributed by atoms with Gasteiger partial charge in [-0.2, -0.15) is 0 Å². The lowest BCUT2D eigenvalue weighted by Gasteiger charge is -2.35. The fourth-order valence-corrected chi connectivity index (χ4v) is 4.39. The van der Waals surface area contributed by atoms with Crippen LogP contribution in [0.5, 0.6) is 0 Å². The number of amides is 2. The summed E-state index contributed by atoms with van der Waals surface area (Å²) >= 11 is 5.37. The van der Waals surface area contributed by atoms with Crippen molar-refractivity contribution in [3.05, 3.63) is 24.0 Å². The molecule has 2 aliphatic rings. The first-order chi connectivity index (χ1) is 15.6. The predicted octanol–water partition coefficient (Wildman–Crippen LogP) is 3.78. The zero-order chi connectivity index (χ0) is 24.2. The summed E-state index contributed by atoms with van der Waals surface area (Å²) in [6.07, 6.45) is -0.468. The Bertz CT molecular complexity index is 884. The summed E-state index contributed by atoms with van der Waals surface area (Å²) in [5, 5.41) is 3.17. The minimum Gasteiger partial charge on any atom is -0.450 e. The van der Waals surface area contributed by atoms with Crippen molar-refractivity contribution < 1.29 is 23.5 Å². The summed E-state index contributed by atoms with van der Waals surface area (Å²) in [5.41, 5.74) is 0.972. The van der Waals surface area contributed by atoms with Gasteiger partial charge in [0.1, 0.15) is 11.9 Å². The molecule has 2 fully saturated rings. The van der Waals surface area contributed by atoms with Crippen molar-refractivity contribution in [3.8, 4) is 0 Å². The number of carbonyl (C=O) groups excluding carboxylic acids is 2. The molecule has 8 nitrogen and oxygen atoms in total. The number of carbonyl (C=O) groups is 2. The highest BCUT2D eigenvalue weighted by molar-refractivity contribution is 7.80. The van der Waals surface area contributed by atoms with E-state index in [0.29, 0.717) is 57.3 Å². The molecule has 0 aliphatic carbocycles. The van der Waals surface area contributed by atoms with Crippen molar-refractivity contribution in [2.45, 2.75) is 40.2 Å². The van der Waals surface area contributed by atoms with Crippen LogP contribution >= 0.6 is 12.2 Å². The first-order valence-electron chi connectivity index (χ1n) is 11.3. The molecule has 0 saturated carbocycles. The molecule has 0 bridgehead atoms. The summed E-state index contributed by atoms with van der Waals surface area (Å²) < 4.78 is 25.4. The maximum atomic E-state index is 14.9. The van der Waals surface area contributed by atoms with Crippen molar-refractivity contribution >= 4 is 40.8 Å². The number of hydrogen-bond acceptors (Lipinski definition) is 6. The van der Waals surface area contributed by atoms with Gasteiger partial charge in [0.05, 0.1) is 36.1 Å². The van der Waals surface area contributed by atoms with Crippen molar-refractivity contribution in [2.75, 3.05) is 55.7 Å². The number of rotatable bonds is 6. The third-order valence-electron chi connectivity index (χ3n) is 5.48. The highest BCUT2D eigenvalue weighted by Crippen LogP contribution is 2.28. The Morgan fingerprint density at radius 3 is 2.58 bits per heavy atom. The number of ether oxygens (including phenoxy) is 2. The van der Waals surface area contributed by atoms with Gasteiger partial charge in [0.15, 0.2) is 0 Å². The van der Waals surface area contributed by atoms with Gasteiger partial charge in [-0.3, -0.25) is 4.90 Å². The first kappa shape index (κ1) is 25.0. The third-order valence-corrected chi connectivity index (χ3v) is 5.77. The van der Waals surface area contributed by atoms with Crippen molar-refractivity contribution in [1.29, 1.82) is 0 Å². The lowest BCUT2D eigenvalue weighted by atomic mass is 9.92. The number of nitrogens with one attached hydrogen (secondary N) is 1. The molecule has 0 aromatic heterocycles. The Morgan fingerprint density at radius 1 is 1.27 bits per heavy atom. The van der Waals surface area contributed by atoms with E-state index in [0.717, 1.165) is 11.4 Å². The Morgan fingerprint density at radius 2 is 1.97 bits per heavy atom. The molecule has 2 saturated heterocycles. The van der Waals surface area contributed by atoms with Gasteiger partial charge in [-0.05, 0) is 30.5 Å². The van der Waals surface area contributed by atoms with Crippen molar-refractivity contribution in [3.63, 3.8) is 0 Å². The second-order valence-electron chi connectivity index (χ2n) is 9.47. The Kier molecular flexibility index (Phi) is 7.99. The van der Waals surface area contributed by atoms with Crippen molar-refractivity contribution in [1.82, 2.24) is 10.2 Å². The Balaban J connectivity index is 1.56. The maximum Gasteiger partial charge on any atom is 0.414 e. The summed E-state index contributed by atoms with van der Waals surface area (Å²) in [6.45, 7) is 11.1.